The zero-order chi connectivity index (χ0) is 38.8. The average molecular weight is 762 g/mol. The van der Waals surface area contributed by atoms with Crippen LogP contribution in [0.2, 0.25) is 0 Å². The summed E-state index contributed by atoms with van der Waals surface area (Å²) in [5, 5.41) is 0. The smallest absolute Gasteiger partial charge is 0.306 e. The van der Waals surface area contributed by atoms with E-state index in [0.717, 1.165) is 33.4 Å². The van der Waals surface area contributed by atoms with E-state index in [-0.39, 0.29) is 0 Å². The van der Waals surface area contributed by atoms with Crippen LogP contribution in [-0.4, -0.2) is 0 Å². The van der Waals surface area contributed by atoms with Crippen LogP contribution < -0.4 is 14.7 Å². The maximum absolute atomic E-state index is 18.7. The molecule has 3 heterocycles. The molecule has 7 aromatic rings. The molecule has 3 aliphatic heterocycles. The summed E-state index contributed by atoms with van der Waals surface area (Å²) in [5.74, 6) is -2.61. The number of aryl methyl sites for hydroxylation is 6. The molecule has 8 heteroatoms. The van der Waals surface area contributed by atoms with Gasteiger partial charge in [0.2, 0.25) is 0 Å². The number of hydrogen-bond acceptors (Lipinski definition) is 3. The highest BCUT2D eigenvalue weighted by Gasteiger charge is 2.48. The fraction of sp³-hybridized carbons (Fsp3) is 0.143. The van der Waals surface area contributed by atoms with E-state index in [0.29, 0.717) is 72.6 Å². The second kappa shape index (κ2) is 13.7. The van der Waals surface area contributed by atoms with Gasteiger partial charge in [-0.25, -0.2) is 8.78 Å². The summed E-state index contributed by atoms with van der Waals surface area (Å²) in [4.78, 5) is 4.31. The Labute approximate surface area is 327 Å². The molecular formula is C49H36F5N3. The van der Waals surface area contributed by atoms with Gasteiger partial charge in [0.05, 0.1) is 11.4 Å². The first-order chi connectivity index (χ1) is 27.8. The summed E-state index contributed by atoms with van der Waals surface area (Å²) in [5.41, 5.74) is 3.82. The van der Waals surface area contributed by atoms with Crippen LogP contribution in [0.25, 0.3) is 0 Å². The normalized spacial score (nSPS) is 14.6. The van der Waals surface area contributed by atoms with Gasteiger partial charge in [0.25, 0.3) is 0 Å². The summed E-state index contributed by atoms with van der Waals surface area (Å²) < 4.78 is 87.2. The maximum Gasteiger partial charge on any atom is 0.420 e. The van der Waals surface area contributed by atoms with E-state index in [1.54, 1.807) is 72.8 Å². The zero-order valence-electron chi connectivity index (χ0n) is 30.8. The van der Waals surface area contributed by atoms with Crippen molar-refractivity contribution in [3.8, 4) is 0 Å². The predicted molar refractivity (Wildman–Crippen MR) is 218 cm³/mol. The first-order valence-electron chi connectivity index (χ1n) is 19.3. The van der Waals surface area contributed by atoms with Gasteiger partial charge in [-0.2, -0.15) is 13.2 Å². The molecule has 3 aliphatic rings. The molecule has 0 saturated carbocycles. The molecule has 57 heavy (non-hydrogen) atoms. The molecule has 0 aliphatic carbocycles. The minimum Gasteiger partial charge on any atom is -0.306 e. The van der Waals surface area contributed by atoms with Gasteiger partial charge in [-0.05, 0) is 108 Å². The molecule has 0 unspecified atom stereocenters. The van der Waals surface area contributed by atoms with Gasteiger partial charge in [-0.1, -0.05) is 109 Å². The van der Waals surface area contributed by atoms with Gasteiger partial charge >= 0.3 is 6.18 Å². The minimum absolute atomic E-state index is 0.406. The van der Waals surface area contributed by atoms with Crippen molar-refractivity contribution in [3.05, 3.63) is 196 Å². The molecule has 0 radical (unpaired) electrons. The minimum atomic E-state index is -5.23. The van der Waals surface area contributed by atoms with Crippen LogP contribution in [0.15, 0.2) is 146 Å². The van der Waals surface area contributed by atoms with E-state index in [1.807, 2.05) is 72.8 Å². The highest BCUT2D eigenvalue weighted by Crippen LogP contribution is 2.59. The van der Waals surface area contributed by atoms with E-state index >= 15 is 22.0 Å². The van der Waals surface area contributed by atoms with Crippen molar-refractivity contribution in [2.24, 2.45) is 0 Å². The number of anilines is 9. The second-order valence-electron chi connectivity index (χ2n) is 14.8. The molecule has 0 N–H and O–H groups in total. The Morgan fingerprint density at radius 2 is 0.526 bits per heavy atom. The van der Waals surface area contributed by atoms with Crippen molar-refractivity contribution in [2.45, 2.75) is 44.7 Å². The lowest BCUT2D eigenvalue weighted by Gasteiger charge is -2.37. The standard InChI is InChI=1S/C49H36F5N3/c50-44-46(55-37-19-7-1-13-31(37)25-26-32-14-2-8-20-38(32)55)43(49(52,53)54)47(56-39-21-9-3-15-33(39)27-28-34-16-4-10-22-40(34)56)45(51)48(44)57-41-23-11-5-17-35(41)29-30-36-18-6-12-24-42(36)57/h1-24H,25-30H2. The largest absolute Gasteiger partial charge is 0.420 e. The fourth-order valence-electron chi connectivity index (χ4n) is 9.10. The van der Waals surface area contributed by atoms with E-state index in [9.17, 15) is 0 Å². The molecule has 0 aromatic heterocycles. The quantitative estimate of drug-likeness (QED) is 0.166. The van der Waals surface area contributed by atoms with Gasteiger partial charge < -0.3 is 14.7 Å². The fourth-order valence-corrected chi connectivity index (χ4v) is 9.10. The highest BCUT2D eigenvalue weighted by molar-refractivity contribution is 5.96. The van der Waals surface area contributed by atoms with Crippen molar-refractivity contribution in [3.63, 3.8) is 0 Å². The Bertz CT molecular complexity index is 2430. The average Bonchev–Trinajstić information content (AvgIpc) is 3.58. The molecular weight excluding hydrogens is 726 g/mol. The monoisotopic (exact) mass is 761 g/mol. The Kier molecular flexibility index (Phi) is 8.39. The van der Waals surface area contributed by atoms with E-state index < -0.39 is 40.4 Å². The van der Waals surface area contributed by atoms with Crippen molar-refractivity contribution in [2.75, 3.05) is 14.7 Å². The number of fused-ring (bicyclic) bond motifs is 6. The third-order valence-corrected chi connectivity index (χ3v) is 11.6. The number of hydrogen-bond donors (Lipinski definition) is 0. The maximum atomic E-state index is 18.7. The molecule has 0 bridgehead atoms. The zero-order valence-corrected chi connectivity index (χ0v) is 30.8. The number of rotatable bonds is 3. The topological polar surface area (TPSA) is 9.72 Å². The lowest BCUT2D eigenvalue weighted by atomic mass is 9.98. The van der Waals surface area contributed by atoms with E-state index in [4.69, 9.17) is 0 Å². The van der Waals surface area contributed by atoms with Crippen LogP contribution in [0.3, 0.4) is 0 Å². The van der Waals surface area contributed by atoms with Crippen LogP contribution in [0.5, 0.6) is 0 Å². The number of alkyl halides is 3. The molecule has 0 fully saturated rings. The Morgan fingerprint density at radius 3 is 0.754 bits per heavy atom. The first kappa shape index (κ1) is 35.0. The van der Waals surface area contributed by atoms with Crippen molar-refractivity contribution < 1.29 is 22.0 Å². The molecule has 0 atom stereocenters. The Morgan fingerprint density at radius 1 is 0.316 bits per heavy atom. The molecule has 7 aromatic carbocycles. The predicted octanol–water partition coefficient (Wildman–Crippen LogP) is 13.7. The number of para-hydroxylation sites is 6. The van der Waals surface area contributed by atoms with Crippen molar-refractivity contribution >= 4 is 51.2 Å². The first-order valence-corrected chi connectivity index (χ1v) is 19.3. The van der Waals surface area contributed by atoms with Gasteiger partial charge in [0.1, 0.15) is 11.3 Å². The molecule has 0 spiro atoms. The van der Waals surface area contributed by atoms with Crippen LogP contribution in [0.4, 0.5) is 73.1 Å². The summed E-state index contributed by atoms with van der Waals surface area (Å²) in [6.07, 6.45) is -1.99. The number of benzene rings is 7. The van der Waals surface area contributed by atoms with Crippen LogP contribution >= 0.6 is 0 Å². The third kappa shape index (κ3) is 5.68. The molecule has 0 saturated heterocycles. The summed E-state index contributed by atoms with van der Waals surface area (Å²) in [6, 6.07) is 43.5. The van der Waals surface area contributed by atoms with Crippen LogP contribution in [0.1, 0.15) is 38.9 Å². The molecule has 282 valence electrons. The molecule has 10 rings (SSSR count). The van der Waals surface area contributed by atoms with Crippen molar-refractivity contribution in [1.29, 1.82) is 0 Å². The number of halogens is 5. The van der Waals surface area contributed by atoms with Crippen LogP contribution in [-0.2, 0) is 44.7 Å². The van der Waals surface area contributed by atoms with Gasteiger partial charge in [0, 0.05) is 34.1 Å². The number of nitrogens with zero attached hydrogens (tertiary/aromatic N) is 3. The third-order valence-electron chi connectivity index (χ3n) is 11.6. The lowest BCUT2D eigenvalue weighted by Crippen LogP contribution is -2.27. The van der Waals surface area contributed by atoms with Gasteiger partial charge in [-0.15, -0.1) is 0 Å². The molecule has 3 nitrogen and oxygen atoms in total. The second-order valence-corrected chi connectivity index (χ2v) is 14.8. The summed E-state index contributed by atoms with van der Waals surface area (Å²) in [6.45, 7) is 0. The summed E-state index contributed by atoms with van der Waals surface area (Å²) >= 11 is 0. The van der Waals surface area contributed by atoms with E-state index in [2.05, 4.69) is 0 Å². The van der Waals surface area contributed by atoms with Gasteiger partial charge in [-0.3, -0.25) is 0 Å². The summed E-state index contributed by atoms with van der Waals surface area (Å²) in [7, 11) is 0. The molecule has 0 amide bonds. The van der Waals surface area contributed by atoms with Crippen LogP contribution in [0, 0.1) is 11.6 Å². The van der Waals surface area contributed by atoms with Gasteiger partial charge in [0.15, 0.2) is 11.6 Å². The Balaban J connectivity index is 1.42. The van der Waals surface area contributed by atoms with E-state index in [1.165, 1.54) is 14.7 Å². The lowest BCUT2D eigenvalue weighted by molar-refractivity contribution is -0.136. The SMILES string of the molecule is Fc1c(N2c3ccccc3CCc3ccccc32)c(F)c(N2c3ccccc3CCc3ccccc32)c(C(F)(F)F)c1N1c2ccccc2CCc2ccccc21. The highest BCUT2D eigenvalue weighted by atomic mass is 19.4. The van der Waals surface area contributed by atoms with Crippen molar-refractivity contribution in [1.82, 2.24) is 0 Å². The Hall–Kier alpha value is -6.41.